The number of ether oxygens (including phenoxy) is 2. The zero-order chi connectivity index (χ0) is 21.7. The number of halogens is 1. The third-order valence-corrected chi connectivity index (χ3v) is 6.19. The van der Waals surface area contributed by atoms with Crippen molar-refractivity contribution in [1.82, 2.24) is 4.98 Å². The Balaban J connectivity index is 1.87. The molecule has 1 amide bonds. The van der Waals surface area contributed by atoms with Crippen LogP contribution in [0.5, 0.6) is 11.5 Å². The number of thiazole rings is 1. The summed E-state index contributed by atoms with van der Waals surface area (Å²) in [6.45, 7) is 0. The van der Waals surface area contributed by atoms with Gasteiger partial charge in [-0.2, -0.15) is 0 Å². The molecule has 31 heavy (non-hydrogen) atoms. The number of para-hydroxylation sites is 1. The number of hydrogen-bond donors (Lipinski definition) is 0. The van der Waals surface area contributed by atoms with Crippen LogP contribution in [0.3, 0.4) is 0 Å². The topological polar surface area (TPSA) is 81.9 Å². The van der Waals surface area contributed by atoms with E-state index in [2.05, 4.69) is 4.98 Å². The predicted molar refractivity (Wildman–Crippen MR) is 118 cm³/mol. The monoisotopic (exact) mass is 454 g/mol. The van der Waals surface area contributed by atoms with Gasteiger partial charge in [-0.25, -0.2) is 4.98 Å². The molecule has 5 rings (SSSR count). The lowest BCUT2D eigenvalue weighted by Gasteiger charge is -2.24. The fraction of sp³-hybridized carbons (Fsp3) is 0.136. The van der Waals surface area contributed by atoms with E-state index in [-0.39, 0.29) is 16.8 Å². The van der Waals surface area contributed by atoms with Crippen molar-refractivity contribution >= 4 is 44.9 Å². The van der Waals surface area contributed by atoms with Crippen LogP contribution in [-0.4, -0.2) is 25.1 Å². The van der Waals surface area contributed by atoms with Crippen LogP contribution in [0.15, 0.2) is 57.2 Å². The van der Waals surface area contributed by atoms with Crippen LogP contribution in [-0.2, 0) is 0 Å². The molecule has 0 saturated heterocycles. The van der Waals surface area contributed by atoms with Crippen molar-refractivity contribution in [3.05, 3.63) is 80.1 Å². The van der Waals surface area contributed by atoms with Gasteiger partial charge in [0.15, 0.2) is 22.1 Å². The highest BCUT2D eigenvalue weighted by Crippen LogP contribution is 2.46. The van der Waals surface area contributed by atoms with Crippen molar-refractivity contribution < 1.29 is 18.7 Å². The normalized spacial score (nSPS) is 15.4. The van der Waals surface area contributed by atoms with E-state index in [1.165, 1.54) is 30.5 Å². The van der Waals surface area contributed by atoms with E-state index in [4.69, 9.17) is 25.5 Å². The van der Waals surface area contributed by atoms with Gasteiger partial charge in [0, 0.05) is 22.2 Å². The molecule has 2 aromatic carbocycles. The molecule has 0 N–H and O–H groups in total. The van der Waals surface area contributed by atoms with Gasteiger partial charge >= 0.3 is 0 Å². The molecule has 0 unspecified atom stereocenters. The van der Waals surface area contributed by atoms with Gasteiger partial charge in [0.1, 0.15) is 11.6 Å². The largest absolute Gasteiger partial charge is 0.493 e. The van der Waals surface area contributed by atoms with Gasteiger partial charge in [-0.05, 0) is 24.3 Å². The first-order valence-electron chi connectivity index (χ1n) is 9.25. The van der Waals surface area contributed by atoms with Crippen molar-refractivity contribution in [2.75, 3.05) is 19.1 Å². The van der Waals surface area contributed by atoms with Crippen LogP contribution in [0.4, 0.5) is 5.13 Å². The summed E-state index contributed by atoms with van der Waals surface area (Å²) in [6, 6.07) is 9.24. The van der Waals surface area contributed by atoms with Crippen molar-refractivity contribution in [2.24, 2.45) is 0 Å². The van der Waals surface area contributed by atoms with E-state index in [9.17, 15) is 9.59 Å². The Morgan fingerprint density at radius 1 is 1.16 bits per heavy atom. The summed E-state index contributed by atoms with van der Waals surface area (Å²) in [7, 11) is 3.03. The van der Waals surface area contributed by atoms with Crippen molar-refractivity contribution in [3.8, 4) is 11.5 Å². The van der Waals surface area contributed by atoms with E-state index in [1.54, 1.807) is 48.0 Å². The Morgan fingerprint density at radius 3 is 2.71 bits per heavy atom. The molecule has 0 radical (unpaired) electrons. The van der Waals surface area contributed by atoms with E-state index in [1.807, 2.05) is 0 Å². The third kappa shape index (κ3) is 2.90. The van der Waals surface area contributed by atoms with Crippen LogP contribution in [0, 0.1) is 0 Å². The third-order valence-electron chi connectivity index (χ3n) is 5.19. The zero-order valence-corrected chi connectivity index (χ0v) is 18.0. The maximum atomic E-state index is 13.6. The summed E-state index contributed by atoms with van der Waals surface area (Å²) < 4.78 is 17.0. The van der Waals surface area contributed by atoms with Gasteiger partial charge in [0.2, 0.25) is 5.76 Å². The van der Waals surface area contributed by atoms with Crippen LogP contribution >= 0.6 is 22.9 Å². The Bertz CT molecular complexity index is 1380. The number of methoxy groups -OCH3 is 2. The molecule has 3 heterocycles. The summed E-state index contributed by atoms with van der Waals surface area (Å²) in [4.78, 5) is 32.8. The molecule has 9 heteroatoms. The van der Waals surface area contributed by atoms with E-state index >= 15 is 0 Å². The molecule has 0 bridgehead atoms. The summed E-state index contributed by atoms with van der Waals surface area (Å²) in [5.41, 5.74) is 0.749. The lowest BCUT2D eigenvalue weighted by Crippen LogP contribution is -2.29. The molecule has 0 fully saturated rings. The number of aromatic nitrogens is 1. The fourth-order valence-corrected chi connectivity index (χ4v) is 4.74. The Labute approximate surface area is 185 Å². The van der Waals surface area contributed by atoms with Crippen LogP contribution < -0.4 is 19.8 Å². The number of hydrogen-bond acceptors (Lipinski definition) is 7. The molecule has 0 aliphatic carbocycles. The minimum Gasteiger partial charge on any atom is -0.493 e. The highest BCUT2D eigenvalue weighted by Gasteiger charge is 2.46. The zero-order valence-electron chi connectivity index (χ0n) is 16.4. The number of carbonyl (C=O) groups excluding carboxylic acids is 1. The maximum absolute atomic E-state index is 13.6. The number of nitrogens with zero attached hydrogens (tertiary/aromatic N) is 2. The minimum absolute atomic E-state index is 0.0232. The second-order valence-corrected chi connectivity index (χ2v) is 8.10. The quantitative estimate of drug-likeness (QED) is 0.445. The molecular formula is C22H15ClN2O5S. The van der Waals surface area contributed by atoms with Crippen LogP contribution in [0.1, 0.15) is 27.7 Å². The molecule has 4 aromatic rings. The number of carbonyl (C=O) groups is 1. The standard InChI is InChI=1S/C22H15ClN2O5S/c1-28-15-5-3-4-12(19(15)29-2)17-16-18(26)13-10-11(23)6-7-14(13)30-20(16)21(27)25(17)22-24-8-9-31-22/h3-10,17H,1-2H3/t17-/m1/s1. The fourth-order valence-electron chi connectivity index (χ4n) is 3.90. The van der Waals surface area contributed by atoms with Gasteiger partial charge in [-0.3, -0.25) is 14.5 Å². The first-order valence-corrected chi connectivity index (χ1v) is 10.5. The summed E-state index contributed by atoms with van der Waals surface area (Å²) in [6.07, 6.45) is 1.60. The average Bonchev–Trinajstić information content (AvgIpc) is 3.40. The van der Waals surface area contributed by atoms with Gasteiger partial charge in [-0.15, -0.1) is 11.3 Å². The smallest absolute Gasteiger partial charge is 0.297 e. The van der Waals surface area contributed by atoms with Crippen molar-refractivity contribution in [2.45, 2.75) is 6.04 Å². The second kappa shape index (κ2) is 7.40. The number of amides is 1. The van der Waals surface area contributed by atoms with Gasteiger partial charge < -0.3 is 13.9 Å². The Morgan fingerprint density at radius 2 is 2.00 bits per heavy atom. The maximum Gasteiger partial charge on any atom is 0.297 e. The molecule has 156 valence electrons. The molecule has 1 atom stereocenters. The minimum atomic E-state index is -0.807. The van der Waals surface area contributed by atoms with Crippen LogP contribution in [0.2, 0.25) is 5.02 Å². The van der Waals surface area contributed by atoms with E-state index < -0.39 is 11.9 Å². The second-order valence-electron chi connectivity index (χ2n) is 6.79. The molecular weight excluding hydrogens is 440 g/mol. The highest BCUT2D eigenvalue weighted by molar-refractivity contribution is 7.13. The summed E-state index contributed by atoms with van der Waals surface area (Å²) in [5, 5.41) is 2.90. The lowest BCUT2D eigenvalue weighted by atomic mass is 9.97. The van der Waals surface area contributed by atoms with Gasteiger partial charge in [0.25, 0.3) is 5.91 Å². The first kappa shape index (κ1) is 19.6. The molecule has 0 spiro atoms. The average molecular weight is 455 g/mol. The molecule has 0 saturated carbocycles. The highest BCUT2D eigenvalue weighted by atomic mass is 35.5. The Kier molecular flexibility index (Phi) is 4.68. The molecule has 7 nitrogen and oxygen atoms in total. The lowest BCUT2D eigenvalue weighted by molar-refractivity contribution is 0.0970. The summed E-state index contributed by atoms with van der Waals surface area (Å²) >= 11 is 7.40. The van der Waals surface area contributed by atoms with Gasteiger partial charge in [0.05, 0.1) is 25.2 Å². The molecule has 2 aromatic heterocycles. The number of rotatable bonds is 4. The number of benzene rings is 2. The Hall–Kier alpha value is -3.36. The van der Waals surface area contributed by atoms with E-state index in [0.29, 0.717) is 38.2 Å². The molecule has 1 aliphatic rings. The first-order chi connectivity index (χ1) is 15.0. The van der Waals surface area contributed by atoms with Crippen LogP contribution in [0.25, 0.3) is 11.0 Å². The summed E-state index contributed by atoms with van der Waals surface area (Å²) in [5.74, 6) is 0.426. The van der Waals surface area contributed by atoms with E-state index in [0.717, 1.165) is 0 Å². The predicted octanol–water partition coefficient (Wildman–Crippen LogP) is 4.67. The van der Waals surface area contributed by atoms with Crippen molar-refractivity contribution in [1.29, 1.82) is 0 Å². The SMILES string of the molecule is COc1cccc([C@@H]2c3c(oc4ccc(Cl)cc4c3=O)C(=O)N2c2nccs2)c1OC. The molecule has 1 aliphatic heterocycles. The number of fused-ring (bicyclic) bond motifs is 2. The number of anilines is 1. The van der Waals surface area contributed by atoms with Gasteiger partial charge in [-0.1, -0.05) is 23.7 Å². The van der Waals surface area contributed by atoms with Crippen molar-refractivity contribution in [3.63, 3.8) is 0 Å².